The Morgan fingerprint density at radius 3 is 2.72 bits per heavy atom. The minimum Gasteiger partial charge on any atom is -0.352 e. The molecule has 1 N–H and O–H groups in total. The van der Waals surface area contributed by atoms with Gasteiger partial charge in [-0.25, -0.2) is 0 Å². The molecule has 132 valence electrons. The molecule has 1 amide bonds. The Morgan fingerprint density at radius 1 is 1.20 bits per heavy atom. The first-order chi connectivity index (χ1) is 12.1. The molecule has 1 fully saturated rings. The quantitative estimate of drug-likeness (QED) is 0.871. The summed E-state index contributed by atoms with van der Waals surface area (Å²) in [5.74, 6) is 0.214. The number of nitrogens with one attached hydrogen (secondary N) is 1. The second-order valence-corrected chi connectivity index (χ2v) is 7.28. The predicted molar refractivity (Wildman–Crippen MR) is 102 cm³/mol. The van der Waals surface area contributed by atoms with E-state index in [-0.39, 0.29) is 11.8 Å². The number of benzene rings is 2. The summed E-state index contributed by atoms with van der Waals surface area (Å²) in [7, 11) is 0. The van der Waals surface area contributed by atoms with Crippen LogP contribution >= 0.6 is 11.6 Å². The second kappa shape index (κ2) is 8.50. The number of aryl methyl sites for hydroxylation is 1. The van der Waals surface area contributed by atoms with E-state index in [9.17, 15) is 4.79 Å². The number of nitrogens with zero attached hydrogens (tertiary/aromatic N) is 1. The fraction of sp³-hybridized carbons (Fsp3) is 0.381. The van der Waals surface area contributed by atoms with Gasteiger partial charge in [0.1, 0.15) is 0 Å². The molecule has 0 saturated carbocycles. The number of halogens is 1. The molecule has 1 aliphatic rings. The zero-order chi connectivity index (χ0) is 17.6. The van der Waals surface area contributed by atoms with Crippen molar-refractivity contribution in [2.75, 3.05) is 13.1 Å². The summed E-state index contributed by atoms with van der Waals surface area (Å²) in [4.78, 5) is 14.9. The highest BCUT2D eigenvalue weighted by Crippen LogP contribution is 2.22. The van der Waals surface area contributed by atoms with Crippen LogP contribution in [0.1, 0.15) is 29.5 Å². The summed E-state index contributed by atoms with van der Waals surface area (Å²) in [6.07, 6.45) is 2.01. The van der Waals surface area contributed by atoms with Crippen molar-refractivity contribution in [3.05, 3.63) is 70.2 Å². The van der Waals surface area contributed by atoms with Crippen molar-refractivity contribution in [2.24, 2.45) is 5.92 Å². The highest BCUT2D eigenvalue weighted by Gasteiger charge is 2.25. The average Bonchev–Trinajstić information content (AvgIpc) is 2.63. The van der Waals surface area contributed by atoms with Gasteiger partial charge in [0, 0.05) is 24.7 Å². The molecule has 25 heavy (non-hydrogen) atoms. The molecule has 0 bridgehead atoms. The number of hydrogen-bond acceptors (Lipinski definition) is 2. The predicted octanol–water partition coefficient (Wildman–Crippen LogP) is 4.18. The van der Waals surface area contributed by atoms with Crippen LogP contribution in [0.4, 0.5) is 0 Å². The molecule has 3 rings (SSSR count). The Hall–Kier alpha value is -1.84. The molecule has 3 nitrogen and oxygen atoms in total. The lowest BCUT2D eigenvalue weighted by Crippen LogP contribution is -2.42. The zero-order valence-corrected chi connectivity index (χ0v) is 15.4. The summed E-state index contributed by atoms with van der Waals surface area (Å²) in [6.45, 7) is 5.29. The van der Waals surface area contributed by atoms with Crippen molar-refractivity contribution in [1.29, 1.82) is 0 Å². The highest BCUT2D eigenvalue weighted by molar-refractivity contribution is 6.31. The smallest absolute Gasteiger partial charge is 0.224 e. The molecule has 1 heterocycles. The fourth-order valence-electron chi connectivity index (χ4n) is 3.32. The van der Waals surface area contributed by atoms with E-state index >= 15 is 0 Å². The van der Waals surface area contributed by atoms with Crippen LogP contribution < -0.4 is 5.32 Å². The number of hydrogen-bond donors (Lipinski definition) is 1. The van der Waals surface area contributed by atoms with E-state index in [1.165, 1.54) is 5.56 Å². The Morgan fingerprint density at radius 2 is 1.96 bits per heavy atom. The average molecular weight is 357 g/mol. The Labute approximate surface area is 155 Å². The largest absolute Gasteiger partial charge is 0.352 e. The minimum atomic E-state index is 0.0571. The topological polar surface area (TPSA) is 32.3 Å². The van der Waals surface area contributed by atoms with Crippen molar-refractivity contribution in [2.45, 2.75) is 32.9 Å². The van der Waals surface area contributed by atoms with E-state index in [0.29, 0.717) is 6.54 Å². The number of carbonyl (C=O) groups is 1. The van der Waals surface area contributed by atoms with E-state index < -0.39 is 0 Å². The first-order valence-corrected chi connectivity index (χ1v) is 9.28. The normalized spacial score (nSPS) is 18.1. The molecule has 2 aromatic carbocycles. The third-order valence-corrected chi connectivity index (χ3v) is 5.18. The molecule has 0 unspecified atom stereocenters. The number of piperidine rings is 1. The number of rotatable bonds is 5. The van der Waals surface area contributed by atoms with Gasteiger partial charge in [0.2, 0.25) is 5.91 Å². The summed E-state index contributed by atoms with van der Waals surface area (Å²) in [5, 5.41) is 3.89. The minimum absolute atomic E-state index is 0.0571. The van der Waals surface area contributed by atoms with Gasteiger partial charge >= 0.3 is 0 Å². The number of amides is 1. The first-order valence-electron chi connectivity index (χ1n) is 8.91. The molecule has 0 aromatic heterocycles. The maximum atomic E-state index is 12.5. The molecule has 0 radical (unpaired) electrons. The van der Waals surface area contributed by atoms with Gasteiger partial charge in [-0.15, -0.1) is 0 Å². The van der Waals surface area contributed by atoms with Gasteiger partial charge < -0.3 is 5.32 Å². The second-order valence-electron chi connectivity index (χ2n) is 6.87. The van der Waals surface area contributed by atoms with Crippen molar-refractivity contribution < 1.29 is 4.79 Å². The van der Waals surface area contributed by atoms with Crippen LogP contribution in [0.5, 0.6) is 0 Å². The van der Waals surface area contributed by atoms with Crippen LogP contribution in [0.15, 0.2) is 48.5 Å². The molecular weight excluding hydrogens is 332 g/mol. The third-order valence-electron chi connectivity index (χ3n) is 4.82. The van der Waals surface area contributed by atoms with E-state index in [0.717, 1.165) is 48.6 Å². The van der Waals surface area contributed by atoms with Crippen LogP contribution in [0.25, 0.3) is 0 Å². The Kier molecular flexibility index (Phi) is 6.11. The number of likely N-dealkylation sites (tertiary alicyclic amines) is 1. The highest BCUT2D eigenvalue weighted by atomic mass is 35.5. The van der Waals surface area contributed by atoms with Gasteiger partial charge in [-0.05, 0) is 43.5 Å². The van der Waals surface area contributed by atoms with Crippen LogP contribution in [0.2, 0.25) is 5.02 Å². The number of carbonyl (C=O) groups excluding carboxylic acids is 1. The van der Waals surface area contributed by atoms with Crippen molar-refractivity contribution in [3.63, 3.8) is 0 Å². The summed E-state index contributed by atoms with van der Waals surface area (Å²) in [5.41, 5.74) is 3.50. The molecule has 0 spiro atoms. The lowest BCUT2D eigenvalue weighted by atomic mass is 9.96. The van der Waals surface area contributed by atoms with E-state index in [1.54, 1.807) is 0 Å². The van der Waals surface area contributed by atoms with E-state index in [1.807, 2.05) is 18.2 Å². The SMILES string of the molecule is Cc1ccc(CNC(=O)[C@@H]2CCCN(Cc3ccccc3Cl)C2)cc1. The molecule has 4 heteroatoms. The third kappa shape index (κ3) is 5.07. The van der Waals surface area contributed by atoms with E-state index in [4.69, 9.17) is 11.6 Å². The lowest BCUT2D eigenvalue weighted by Gasteiger charge is -2.32. The summed E-state index contributed by atoms with van der Waals surface area (Å²) in [6, 6.07) is 16.2. The van der Waals surface area contributed by atoms with Gasteiger partial charge in [0.15, 0.2) is 0 Å². The molecular formula is C21H25ClN2O. The van der Waals surface area contributed by atoms with Crippen molar-refractivity contribution in [1.82, 2.24) is 10.2 Å². The Bertz CT molecular complexity index is 714. The monoisotopic (exact) mass is 356 g/mol. The maximum absolute atomic E-state index is 12.5. The molecule has 1 saturated heterocycles. The van der Waals surface area contributed by atoms with Crippen LogP contribution in [-0.4, -0.2) is 23.9 Å². The van der Waals surface area contributed by atoms with Gasteiger partial charge in [-0.2, -0.15) is 0 Å². The van der Waals surface area contributed by atoms with Crippen molar-refractivity contribution >= 4 is 17.5 Å². The lowest BCUT2D eigenvalue weighted by molar-refractivity contribution is -0.126. The van der Waals surface area contributed by atoms with Crippen molar-refractivity contribution in [3.8, 4) is 0 Å². The first kappa shape index (κ1) is 18.0. The molecule has 1 aliphatic heterocycles. The molecule has 1 atom stereocenters. The van der Waals surface area contributed by atoms with Crippen LogP contribution in [-0.2, 0) is 17.9 Å². The van der Waals surface area contributed by atoms with E-state index in [2.05, 4.69) is 47.5 Å². The zero-order valence-electron chi connectivity index (χ0n) is 14.7. The Balaban J connectivity index is 1.52. The van der Waals surface area contributed by atoms with Crippen LogP contribution in [0.3, 0.4) is 0 Å². The standard InChI is InChI=1S/C21H25ClN2O/c1-16-8-10-17(11-9-16)13-23-21(25)19-6-4-12-24(15-19)14-18-5-2-3-7-20(18)22/h2-3,5,7-11,19H,4,6,12-15H2,1H3,(H,23,25)/t19-/m1/s1. The van der Waals surface area contributed by atoms with Crippen LogP contribution in [0, 0.1) is 12.8 Å². The summed E-state index contributed by atoms with van der Waals surface area (Å²) < 4.78 is 0. The summed E-state index contributed by atoms with van der Waals surface area (Å²) >= 11 is 6.27. The van der Waals surface area contributed by atoms with Gasteiger partial charge in [0.25, 0.3) is 0 Å². The fourth-order valence-corrected chi connectivity index (χ4v) is 3.52. The molecule has 2 aromatic rings. The van der Waals surface area contributed by atoms with Gasteiger partial charge in [0.05, 0.1) is 5.92 Å². The van der Waals surface area contributed by atoms with Gasteiger partial charge in [-0.3, -0.25) is 9.69 Å². The van der Waals surface area contributed by atoms with Gasteiger partial charge in [-0.1, -0.05) is 59.6 Å². The molecule has 0 aliphatic carbocycles. The maximum Gasteiger partial charge on any atom is 0.224 e.